The number of anilines is 1. The zero-order valence-electron chi connectivity index (χ0n) is 8.30. The van der Waals surface area contributed by atoms with Crippen LogP contribution in [0.2, 0.25) is 0 Å². The molecule has 0 aliphatic carbocycles. The minimum atomic E-state index is -0.734. The van der Waals surface area contributed by atoms with Crippen molar-refractivity contribution < 1.29 is 13.6 Å². The maximum absolute atomic E-state index is 13.4. The van der Waals surface area contributed by atoms with Crippen LogP contribution in [0.25, 0.3) is 0 Å². The van der Waals surface area contributed by atoms with Crippen LogP contribution in [0.5, 0.6) is 0 Å². The summed E-state index contributed by atoms with van der Waals surface area (Å²) in [6, 6.07) is 1.83. The van der Waals surface area contributed by atoms with Gasteiger partial charge in [-0.2, -0.15) is 0 Å². The Morgan fingerprint density at radius 1 is 1.35 bits per heavy atom. The summed E-state index contributed by atoms with van der Waals surface area (Å²) in [7, 11) is 0. The Hall–Kier alpha value is -1.76. The van der Waals surface area contributed by atoms with Crippen molar-refractivity contribution in [3.63, 3.8) is 0 Å². The highest BCUT2D eigenvalue weighted by Crippen LogP contribution is 2.23. The summed E-state index contributed by atoms with van der Waals surface area (Å²) in [4.78, 5) is 17.8. The van der Waals surface area contributed by atoms with Gasteiger partial charge in [0.15, 0.2) is 0 Å². The van der Waals surface area contributed by atoms with E-state index in [0.717, 1.165) is 12.1 Å². The third-order valence-corrected chi connectivity index (χ3v) is 2.60. The Morgan fingerprint density at radius 2 is 2.12 bits per heavy atom. The minimum Gasteiger partial charge on any atom is -0.350 e. The topological polar surface area (TPSA) is 57.8 Å². The molecule has 88 valence electrons. The van der Waals surface area contributed by atoms with Crippen LogP contribution in [0.1, 0.15) is 10.5 Å². The first-order valence-electron chi connectivity index (χ1n) is 4.52. The number of nitrogens with one attached hydrogen (secondary N) is 2. The van der Waals surface area contributed by atoms with E-state index in [0.29, 0.717) is 0 Å². The number of nitrogens with zero attached hydrogens (tertiary/aromatic N) is 1. The molecule has 1 heterocycles. The van der Waals surface area contributed by atoms with E-state index < -0.39 is 17.5 Å². The lowest BCUT2D eigenvalue weighted by Gasteiger charge is -2.05. The fourth-order valence-corrected chi connectivity index (χ4v) is 1.50. The summed E-state index contributed by atoms with van der Waals surface area (Å²) in [6.07, 6.45) is 2.66. The predicted molar refractivity (Wildman–Crippen MR) is 60.6 cm³/mol. The van der Waals surface area contributed by atoms with Crippen LogP contribution in [-0.2, 0) is 0 Å². The van der Waals surface area contributed by atoms with Crippen LogP contribution in [0.4, 0.5) is 14.5 Å². The minimum absolute atomic E-state index is 0.00670. The number of hydrogen-bond donors (Lipinski definition) is 2. The van der Waals surface area contributed by atoms with Gasteiger partial charge in [0.25, 0.3) is 5.91 Å². The number of halogens is 3. The zero-order chi connectivity index (χ0) is 12.4. The quantitative estimate of drug-likeness (QED) is 0.838. The van der Waals surface area contributed by atoms with Gasteiger partial charge in [-0.05, 0) is 22.0 Å². The first-order valence-corrected chi connectivity index (χ1v) is 5.32. The molecule has 0 bridgehead atoms. The molecular weight excluding hydrogens is 296 g/mol. The molecule has 0 saturated carbocycles. The number of aromatic amines is 1. The maximum Gasteiger partial charge on any atom is 0.275 e. The van der Waals surface area contributed by atoms with Crippen molar-refractivity contribution in [3.8, 4) is 0 Å². The van der Waals surface area contributed by atoms with E-state index in [9.17, 15) is 13.6 Å². The van der Waals surface area contributed by atoms with Crippen molar-refractivity contribution in [1.29, 1.82) is 0 Å². The number of carbonyl (C=O) groups excluding carboxylic acids is 1. The maximum atomic E-state index is 13.4. The van der Waals surface area contributed by atoms with E-state index in [1.165, 1.54) is 12.5 Å². The van der Waals surface area contributed by atoms with Crippen molar-refractivity contribution >= 4 is 27.5 Å². The fourth-order valence-electron chi connectivity index (χ4n) is 1.19. The highest BCUT2D eigenvalue weighted by Gasteiger charge is 2.13. The zero-order valence-corrected chi connectivity index (χ0v) is 9.88. The Labute approximate surface area is 103 Å². The number of benzene rings is 1. The predicted octanol–water partition coefficient (Wildman–Crippen LogP) is 2.70. The molecule has 0 unspecified atom stereocenters. The SMILES string of the molecule is O=C(Nc1cc(F)c(Br)cc1F)c1c[nH]cn1. The highest BCUT2D eigenvalue weighted by molar-refractivity contribution is 9.10. The Balaban J connectivity index is 2.25. The van der Waals surface area contributed by atoms with E-state index in [1.54, 1.807) is 0 Å². The summed E-state index contributed by atoms with van der Waals surface area (Å²) >= 11 is 2.84. The lowest BCUT2D eigenvalue weighted by Crippen LogP contribution is -2.13. The van der Waals surface area contributed by atoms with Crippen LogP contribution in [0.3, 0.4) is 0 Å². The van der Waals surface area contributed by atoms with Gasteiger partial charge in [0.1, 0.15) is 17.3 Å². The highest BCUT2D eigenvalue weighted by atomic mass is 79.9. The lowest BCUT2D eigenvalue weighted by atomic mass is 10.3. The summed E-state index contributed by atoms with van der Waals surface area (Å²) in [6.45, 7) is 0. The normalized spacial score (nSPS) is 10.3. The van der Waals surface area contributed by atoms with Crippen molar-refractivity contribution in [3.05, 3.63) is 46.5 Å². The number of rotatable bonds is 2. The second kappa shape index (κ2) is 4.62. The van der Waals surface area contributed by atoms with Gasteiger partial charge < -0.3 is 10.3 Å². The van der Waals surface area contributed by atoms with Gasteiger partial charge in [-0.3, -0.25) is 4.79 Å². The van der Waals surface area contributed by atoms with E-state index >= 15 is 0 Å². The average Bonchev–Trinajstić information content (AvgIpc) is 2.79. The van der Waals surface area contributed by atoms with Crippen LogP contribution < -0.4 is 5.32 Å². The first-order chi connectivity index (χ1) is 8.08. The molecule has 17 heavy (non-hydrogen) atoms. The molecule has 0 aliphatic rings. The molecule has 0 saturated heterocycles. The molecule has 1 aromatic heterocycles. The van der Waals surface area contributed by atoms with Crippen LogP contribution in [-0.4, -0.2) is 15.9 Å². The molecule has 1 amide bonds. The molecule has 7 heteroatoms. The van der Waals surface area contributed by atoms with Gasteiger partial charge in [-0.1, -0.05) is 0 Å². The van der Waals surface area contributed by atoms with Gasteiger partial charge in [0.05, 0.1) is 16.5 Å². The Morgan fingerprint density at radius 3 is 2.76 bits per heavy atom. The van der Waals surface area contributed by atoms with Crippen molar-refractivity contribution in [2.75, 3.05) is 5.32 Å². The summed E-state index contributed by atoms with van der Waals surface area (Å²) in [5.74, 6) is -2.02. The lowest BCUT2D eigenvalue weighted by molar-refractivity contribution is 0.102. The molecule has 0 fully saturated rings. The molecule has 0 aliphatic heterocycles. The smallest absolute Gasteiger partial charge is 0.275 e. The fraction of sp³-hybridized carbons (Fsp3) is 0. The molecule has 4 nitrogen and oxygen atoms in total. The Kier molecular flexibility index (Phi) is 3.19. The summed E-state index contributed by atoms with van der Waals surface area (Å²) in [5, 5.41) is 2.22. The second-order valence-electron chi connectivity index (χ2n) is 3.15. The number of carbonyl (C=O) groups is 1. The average molecular weight is 302 g/mol. The van der Waals surface area contributed by atoms with Gasteiger partial charge in [-0.25, -0.2) is 13.8 Å². The number of H-pyrrole nitrogens is 1. The molecule has 0 atom stereocenters. The molecule has 2 aromatic rings. The molecule has 2 N–H and O–H groups in total. The van der Waals surface area contributed by atoms with Crippen molar-refractivity contribution in [2.45, 2.75) is 0 Å². The van der Waals surface area contributed by atoms with Crippen molar-refractivity contribution in [2.24, 2.45) is 0 Å². The van der Waals surface area contributed by atoms with Crippen molar-refractivity contribution in [1.82, 2.24) is 9.97 Å². The standard InChI is InChI=1S/C10H6BrF2N3O/c11-5-1-7(13)8(2-6(5)12)16-10(17)9-3-14-4-15-9/h1-4H,(H,14,15)(H,16,17). The van der Waals surface area contributed by atoms with Crippen LogP contribution in [0, 0.1) is 11.6 Å². The molecule has 1 aromatic carbocycles. The Bertz CT molecular complexity index is 557. The molecule has 2 rings (SSSR count). The number of aromatic nitrogens is 2. The number of hydrogen-bond acceptors (Lipinski definition) is 2. The summed E-state index contributed by atoms with van der Waals surface area (Å²) < 4.78 is 26.6. The van der Waals surface area contributed by atoms with Gasteiger partial charge in [-0.15, -0.1) is 0 Å². The third-order valence-electron chi connectivity index (χ3n) is 1.99. The van der Waals surface area contributed by atoms with Crippen LogP contribution >= 0.6 is 15.9 Å². The third kappa shape index (κ3) is 2.50. The molecule has 0 radical (unpaired) electrons. The van der Waals surface area contributed by atoms with E-state index in [4.69, 9.17) is 0 Å². The van der Waals surface area contributed by atoms with Gasteiger partial charge in [0, 0.05) is 12.3 Å². The monoisotopic (exact) mass is 301 g/mol. The van der Waals surface area contributed by atoms with E-state index in [-0.39, 0.29) is 15.9 Å². The summed E-state index contributed by atoms with van der Waals surface area (Å²) in [5.41, 5.74) is -0.147. The largest absolute Gasteiger partial charge is 0.350 e. The molecular formula is C10H6BrF2N3O. The molecule has 0 spiro atoms. The first kappa shape index (κ1) is 11.7. The number of amides is 1. The van der Waals surface area contributed by atoms with E-state index in [1.807, 2.05) is 0 Å². The van der Waals surface area contributed by atoms with Gasteiger partial charge in [0.2, 0.25) is 0 Å². The number of imidazole rings is 1. The second-order valence-corrected chi connectivity index (χ2v) is 4.01. The van der Waals surface area contributed by atoms with Crippen LogP contribution in [0.15, 0.2) is 29.1 Å². The van der Waals surface area contributed by atoms with Gasteiger partial charge >= 0.3 is 0 Å². The van der Waals surface area contributed by atoms with E-state index in [2.05, 4.69) is 31.2 Å².